The molecule has 5 heteroatoms. The van der Waals surface area contributed by atoms with E-state index in [2.05, 4.69) is 5.10 Å². The summed E-state index contributed by atoms with van der Waals surface area (Å²) in [5, 5.41) is 33.6. The number of aromatic nitrogens is 2. The Bertz CT molecular complexity index is 801. The van der Waals surface area contributed by atoms with Crippen molar-refractivity contribution < 1.29 is 10.2 Å². The van der Waals surface area contributed by atoms with Crippen molar-refractivity contribution in [1.82, 2.24) is 9.61 Å². The van der Waals surface area contributed by atoms with E-state index in [0.29, 0.717) is 11.1 Å². The van der Waals surface area contributed by atoms with Gasteiger partial charge in [-0.05, 0) is 11.6 Å². The zero-order chi connectivity index (χ0) is 13.4. The molecule has 2 aromatic heterocycles. The molecule has 0 bridgehead atoms. The van der Waals surface area contributed by atoms with Crippen molar-refractivity contribution in [3.63, 3.8) is 0 Å². The molecule has 5 nitrogen and oxygen atoms in total. The molecule has 0 aliphatic rings. The molecule has 19 heavy (non-hydrogen) atoms. The van der Waals surface area contributed by atoms with Gasteiger partial charge in [-0.25, -0.2) is 0 Å². The molecule has 0 aliphatic carbocycles. The molecular formula is C14H9N3O2. The highest BCUT2D eigenvalue weighted by Crippen LogP contribution is 2.40. The van der Waals surface area contributed by atoms with Crippen LogP contribution in [0.2, 0.25) is 0 Å². The Labute approximate surface area is 108 Å². The van der Waals surface area contributed by atoms with E-state index in [9.17, 15) is 10.2 Å². The quantitative estimate of drug-likeness (QED) is 0.695. The number of nitriles is 1. The van der Waals surface area contributed by atoms with Gasteiger partial charge >= 0.3 is 0 Å². The van der Waals surface area contributed by atoms with Crippen molar-refractivity contribution in [3.05, 3.63) is 48.2 Å². The summed E-state index contributed by atoms with van der Waals surface area (Å²) in [6, 6.07) is 12.4. The average Bonchev–Trinajstić information content (AvgIpc) is 2.90. The normalized spacial score (nSPS) is 10.5. The topological polar surface area (TPSA) is 81.5 Å². The summed E-state index contributed by atoms with van der Waals surface area (Å²) in [7, 11) is 0. The molecule has 0 spiro atoms. The highest BCUT2D eigenvalue weighted by Gasteiger charge is 2.20. The minimum atomic E-state index is -0.237. The van der Waals surface area contributed by atoms with E-state index >= 15 is 0 Å². The Balaban J connectivity index is 2.46. The van der Waals surface area contributed by atoms with E-state index in [1.165, 1.54) is 10.7 Å². The van der Waals surface area contributed by atoms with E-state index in [4.69, 9.17) is 5.26 Å². The second-order valence-corrected chi connectivity index (χ2v) is 4.03. The first-order chi connectivity index (χ1) is 9.24. The molecule has 0 saturated heterocycles. The zero-order valence-electron chi connectivity index (χ0n) is 9.78. The highest BCUT2D eigenvalue weighted by molar-refractivity contribution is 5.83. The minimum absolute atomic E-state index is 0.0918. The van der Waals surface area contributed by atoms with Crippen LogP contribution in [-0.4, -0.2) is 19.8 Å². The summed E-state index contributed by atoms with van der Waals surface area (Å²) >= 11 is 0. The third kappa shape index (κ3) is 1.51. The van der Waals surface area contributed by atoms with Crippen LogP contribution in [0.3, 0.4) is 0 Å². The fourth-order valence-electron chi connectivity index (χ4n) is 2.10. The van der Waals surface area contributed by atoms with E-state index in [-0.39, 0.29) is 22.8 Å². The molecule has 0 unspecified atom stereocenters. The number of aromatic hydroxyl groups is 2. The summed E-state index contributed by atoms with van der Waals surface area (Å²) in [6.45, 7) is 0. The Morgan fingerprint density at radius 3 is 2.53 bits per heavy atom. The lowest BCUT2D eigenvalue weighted by Gasteiger charge is -2.11. The smallest absolute Gasteiger partial charge is 0.224 e. The number of rotatable bonds is 1. The first-order valence-electron chi connectivity index (χ1n) is 5.61. The fourth-order valence-corrected chi connectivity index (χ4v) is 2.10. The summed E-state index contributed by atoms with van der Waals surface area (Å²) in [4.78, 5) is 0. The lowest BCUT2D eigenvalue weighted by atomic mass is 10.0. The van der Waals surface area contributed by atoms with Crippen LogP contribution in [0, 0.1) is 11.3 Å². The van der Waals surface area contributed by atoms with Gasteiger partial charge in [-0.15, -0.1) is 0 Å². The third-order valence-corrected chi connectivity index (χ3v) is 2.97. The Morgan fingerprint density at radius 1 is 1.11 bits per heavy atom. The van der Waals surface area contributed by atoms with Crippen molar-refractivity contribution >= 4 is 5.52 Å². The van der Waals surface area contributed by atoms with Crippen molar-refractivity contribution in [3.8, 4) is 28.8 Å². The van der Waals surface area contributed by atoms with Gasteiger partial charge in [-0.2, -0.15) is 14.9 Å². The fraction of sp³-hybridized carbons (Fsp3) is 0. The number of fused-ring (bicyclic) bond motifs is 1. The number of hydrogen-bond acceptors (Lipinski definition) is 4. The van der Waals surface area contributed by atoms with Gasteiger partial charge in [-0.1, -0.05) is 30.3 Å². The van der Waals surface area contributed by atoms with Gasteiger partial charge in [0.25, 0.3) is 0 Å². The van der Waals surface area contributed by atoms with Gasteiger partial charge in [-0.3, -0.25) is 0 Å². The number of pyridine rings is 1. The number of benzene rings is 1. The standard InChI is InChI=1S/C14H9N3O2/c15-8-10-11-6-7-16-17(11)14(19)12(13(10)18)9-4-2-1-3-5-9/h1-7,18-19H. The van der Waals surface area contributed by atoms with Gasteiger partial charge in [0, 0.05) is 0 Å². The monoisotopic (exact) mass is 251 g/mol. The van der Waals surface area contributed by atoms with E-state index < -0.39 is 0 Å². The third-order valence-electron chi connectivity index (χ3n) is 2.97. The summed E-state index contributed by atoms with van der Waals surface area (Å²) in [5.74, 6) is -0.429. The van der Waals surface area contributed by atoms with Crippen LogP contribution in [0.5, 0.6) is 11.6 Å². The molecule has 3 rings (SSSR count). The predicted octanol–water partition coefficient (Wildman–Crippen LogP) is 2.28. The molecular weight excluding hydrogens is 242 g/mol. The molecule has 0 atom stereocenters. The van der Waals surface area contributed by atoms with E-state index in [1.807, 2.05) is 12.1 Å². The lowest BCUT2D eigenvalue weighted by molar-refractivity contribution is 0.426. The highest BCUT2D eigenvalue weighted by atomic mass is 16.3. The molecule has 1 aromatic carbocycles. The van der Waals surface area contributed by atoms with Crippen LogP contribution in [0.4, 0.5) is 0 Å². The zero-order valence-corrected chi connectivity index (χ0v) is 9.78. The largest absolute Gasteiger partial charge is 0.506 e. The second kappa shape index (κ2) is 4.03. The van der Waals surface area contributed by atoms with Crippen molar-refractivity contribution in [2.24, 2.45) is 0 Å². The molecule has 2 heterocycles. The van der Waals surface area contributed by atoms with E-state index in [1.54, 1.807) is 30.3 Å². The Kier molecular flexibility index (Phi) is 2.36. The summed E-state index contributed by atoms with van der Waals surface area (Å²) in [6.07, 6.45) is 1.46. The lowest BCUT2D eigenvalue weighted by Crippen LogP contribution is -1.95. The first-order valence-corrected chi connectivity index (χ1v) is 5.61. The first kappa shape index (κ1) is 11.1. The second-order valence-electron chi connectivity index (χ2n) is 4.03. The maximum atomic E-state index is 10.2. The van der Waals surface area contributed by atoms with Crippen molar-refractivity contribution in [2.45, 2.75) is 0 Å². The molecule has 92 valence electrons. The van der Waals surface area contributed by atoms with Crippen LogP contribution >= 0.6 is 0 Å². The molecule has 3 aromatic rings. The maximum absolute atomic E-state index is 10.2. The molecule has 0 radical (unpaired) electrons. The van der Waals surface area contributed by atoms with Crippen molar-refractivity contribution in [1.29, 1.82) is 5.26 Å². The van der Waals surface area contributed by atoms with Crippen molar-refractivity contribution in [2.75, 3.05) is 0 Å². The van der Waals surface area contributed by atoms with Crippen LogP contribution in [0.1, 0.15) is 5.56 Å². The number of hydrogen-bond donors (Lipinski definition) is 2. The molecule has 2 N–H and O–H groups in total. The van der Waals surface area contributed by atoms with Gasteiger partial charge in [0.2, 0.25) is 5.88 Å². The minimum Gasteiger partial charge on any atom is -0.506 e. The van der Waals surface area contributed by atoms with Crippen LogP contribution in [0.25, 0.3) is 16.6 Å². The molecule has 0 amide bonds. The Hall–Kier alpha value is -3.00. The summed E-state index contributed by atoms with van der Waals surface area (Å²) < 4.78 is 1.24. The Morgan fingerprint density at radius 2 is 1.84 bits per heavy atom. The van der Waals surface area contributed by atoms with Gasteiger partial charge in [0.05, 0.1) is 17.3 Å². The predicted molar refractivity (Wildman–Crippen MR) is 68.7 cm³/mol. The van der Waals surface area contributed by atoms with Crippen LogP contribution < -0.4 is 0 Å². The van der Waals surface area contributed by atoms with Crippen LogP contribution in [-0.2, 0) is 0 Å². The number of nitrogens with zero attached hydrogens (tertiary/aromatic N) is 3. The van der Waals surface area contributed by atoms with Gasteiger partial charge in [0.15, 0.2) is 0 Å². The maximum Gasteiger partial charge on any atom is 0.224 e. The molecule has 0 saturated carbocycles. The van der Waals surface area contributed by atoms with Crippen LogP contribution in [0.15, 0.2) is 42.6 Å². The van der Waals surface area contributed by atoms with Gasteiger partial charge < -0.3 is 10.2 Å². The SMILES string of the molecule is N#Cc1c(O)c(-c2ccccc2)c(O)n2nccc12. The molecule has 0 fully saturated rings. The van der Waals surface area contributed by atoms with Gasteiger partial charge in [0.1, 0.15) is 17.4 Å². The molecule has 0 aliphatic heterocycles. The summed E-state index contributed by atoms with van der Waals surface area (Å²) in [5.41, 5.74) is 1.28. The van der Waals surface area contributed by atoms with E-state index in [0.717, 1.165) is 0 Å². The average molecular weight is 251 g/mol.